The number of ether oxygens (including phenoxy) is 1. The van der Waals surface area contributed by atoms with Crippen molar-refractivity contribution in [2.24, 2.45) is 0 Å². The van der Waals surface area contributed by atoms with Crippen LogP contribution < -0.4 is 10.4 Å². The molecule has 0 radical (unpaired) electrons. The summed E-state index contributed by atoms with van der Waals surface area (Å²) in [4.78, 5) is 24.7. The van der Waals surface area contributed by atoms with E-state index in [0.29, 0.717) is 21.9 Å². The first-order valence-electron chi connectivity index (χ1n) is 9.04. The minimum Gasteiger partial charge on any atom is -0.485 e. The average Bonchev–Trinajstić information content (AvgIpc) is 2.68. The molecule has 1 aliphatic rings. The van der Waals surface area contributed by atoms with Gasteiger partial charge in [-0.05, 0) is 74.6 Å². The van der Waals surface area contributed by atoms with Crippen molar-refractivity contribution in [3.63, 3.8) is 0 Å². The molecule has 138 valence electrons. The molecule has 4 nitrogen and oxygen atoms in total. The molecule has 1 heterocycles. The highest BCUT2D eigenvalue weighted by Gasteiger charge is 2.20. The van der Waals surface area contributed by atoms with Gasteiger partial charge in [-0.25, -0.2) is 4.79 Å². The van der Waals surface area contributed by atoms with Gasteiger partial charge in [0.05, 0.1) is 0 Å². The van der Waals surface area contributed by atoms with Crippen LogP contribution in [0.15, 0.2) is 45.6 Å². The highest BCUT2D eigenvalue weighted by atomic mass is 35.5. The maximum atomic E-state index is 12.3. The molecule has 0 unspecified atom stereocenters. The van der Waals surface area contributed by atoms with E-state index in [9.17, 15) is 9.59 Å². The molecule has 0 bridgehead atoms. The van der Waals surface area contributed by atoms with E-state index < -0.39 is 0 Å². The molecule has 0 saturated carbocycles. The Morgan fingerprint density at radius 2 is 1.78 bits per heavy atom. The van der Waals surface area contributed by atoms with Crippen molar-refractivity contribution < 1.29 is 13.9 Å². The van der Waals surface area contributed by atoms with Crippen LogP contribution in [0, 0.1) is 6.92 Å². The number of hydrogen-bond donors (Lipinski definition) is 0. The lowest BCUT2D eigenvalue weighted by Crippen LogP contribution is -2.16. The van der Waals surface area contributed by atoms with Crippen LogP contribution in [0.4, 0.5) is 0 Å². The molecular weight excluding hydrogens is 364 g/mol. The molecule has 1 aromatic heterocycles. The quantitative estimate of drug-likeness (QED) is 0.476. The molecule has 3 aromatic rings. The maximum Gasteiger partial charge on any atom is 0.339 e. The molecule has 27 heavy (non-hydrogen) atoms. The van der Waals surface area contributed by atoms with E-state index in [1.807, 2.05) is 19.1 Å². The van der Waals surface area contributed by atoms with Crippen molar-refractivity contribution in [3.8, 4) is 5.75 Å². The molecule has 0 aliphatic heterocycles. The third kappa shape index (κ3) is 3.37. The number of aryl methyl sites for hydroxylation is 2. The van der Waals surface area contributed by atoms with Gasteiger partial charge < -0.3 is 9.15 Å². The van der Waals surface area contributed by atoms with Crippen molar-refractivity contribution in [1.29, 1.82) is 0 Å². The summed E-state index contributed by atoms with van der Waals surface area (Å²) in [6, 6.07) is 10.5. The van der Waals surface area contributed by atoms with Crippen LogP contribution in [0.2, 0.25) is 5.02 Å². The minimum atomic E-state index is -0.255. The average molecular weight is 383 g/mol. The predicted molar refractivity (Wildman–Crippen MR) is 105 cm³/mol. The van der Waals surface area contributed by atoms with Crippen LogP contribution >= 0.6 is 11.6 Å². The summed E-state index contributed by atoms with van der Waals surface area (Å²) in [5.74, 6) is 0.404. The van der Waals surface area contributed by atoms with Gasteiger partial charge in [-0.15, -0.1) is 0 Å². The summed E-state index contributed by atoms with van der Waals surface area (Å²) in [5.41, 5.74) is 3.48. The number of hydrogen-bond acceptors (Lipinski definition) is 4. The number of carbonyl (C=O) groups is 1. The van der Waals surface area contributed by atoms with E-state index in [1.165, 1.54) is 0 Å². The Morgan fingerprint density at radius 1 is 1.07 bits per heavy atom. The van der Waals surface area contributed by atoms with E-state index >= 15 is 0 Å². The Bertz CT molecular complexity index is 1080. The Labute approximate surface area is 161 Å². The van der Waals surface area contributed by atoms with Gasteiger partial charge in [0.1, 0.15) is 11.3 Å². The van der Waals surface area contributed by atoms with Crippen LogP contribution in [0.5, 0.6) is 5.75 Å². The Kier molecular flexibility index (Phi) is 4.75. The first-order valence-corrected chi connectivity index (χ1v) is 9.42. The van der Waals surface area contributed by atoms with Crippen LogP contribution in [-0.4, -0.2) is 12.4 Å². The van der Waals surface area contributed by atoms with Crippen molar-refractivity contribution in [2.75, 3.05) is 6.61 Å². The smallest absolute Gasteiger partial charge is 0.339 e. The summed E-state index contributed by atoms with van der Waals surface area (Å²) in [5, 5.41) is 1.55. The number of halogens is 1. The summed E-state index contributed by atoms with van der Waals surface area (Å²) in [6.07, 6.45) is 3.78. The molecule has 0 N–H and O–H groups in total. The van der Waals surface area contributed by atoms with E-state index in [4.69, 9.17) is 20.8 Å². The van der Waals surface area contributed by atoms with Gasteiger partial charge in [-0.3, -0.25) is 4.79 Å². The Hall–Kier alpha value is -2.59. The van der Waals surface area contributed by atoms with Gasteiger partial charge in [0.25, 0.3) is 0 Å². The van der Waals surface area contributed by atoms with E-state index in [0.717, 1.165) is 47.8 Å². The Balaban J connectivity index is 1.63. The monoisotopic (exact) mass is 382 g/mol. The molecule has 1 aliphatic carbocycles. The van der Waals surface area contributed by atoms with Gasteiger partial charge in [-0.1, -0.05) is 11.6 Å². The zero-order valence-corrected chi connectivity index (χ0v) is 15.8. The fourth-order valence-corrected chi connectivity index (χ4v) is 3.77. The van der Waals surface area contributed by atoms with Gasteiger partial charge in [0.15, 0.2) is 12.4 Å². The molecule has 0 fully saturated rings. The van der Waals surface area contributed by atoms with Gasteiger partial charge in [-0.2, -0.15) is 0 Å². The number of carbonyl (C=O) groups excluding carboxylic acids is 1. The second kappa shape index (κ2) is 7.20. The third-order valence-electron chi connectivity index (χ3n) is 5.12. The van der Waals surface area contributed by atoms with Crippen molar-refractivity contribution in [1.82, 2.24) is 0 Å². The summed E-state index contributed by atoms with van der Waals surface area (Å²) < 4.78 is 11.3. The molecule has 0 saturated heterocycles. The molecule has 0 spiro atoms. The minimum absolute atomic E-state index is 0.0941. The van der Waals surface area contributed by atoms with Gasteiger partial charge >= 0.3 is 5.63 Å². The molecule has 5 heteroatoms. The summed E-state index contributed by atoms with van der Waals surface area (Å²) in [6.45, 7) is 1.76. The fraction of sp³-hybridized carbons (Fsp3) is 0.273. The van der Waals surface area contributed by atoms with E-state index in [2.05, 4.69) is 0 Å². The number of Topliss-reactive ketones (excluding diaryl/α,β-unsaturated/α-hetero) is 1. The standard InChI is InChI=1S/C22H19ClO4/c1-13-20(26-12-19(24)14-6-8-15(23)9-7-14)11-10-17-16-4-2-3-5-18(16)22(25)27-21(13)17/h6-11H,2-5,12H2,1H3. The van der Waals surface area contributed by atoms with Gasteiger partial charge in [0.2, 0.25) is 0 Å². The second-order valence-electron chi connectivity index (χ2n) is 6.84. The van der Waals surface area contributed by atoms with Gasteiger partial charge in [0, 0.05) is 27.1 Å². The molecule has 0 amide bonds. The predicted octanol–water partition coefficient (Wildman–Crippen LogP) is 4.90. The van der Waals surface area contributed by atoms with E-state index in [-0.39, 0.29) is 18.0 Å². The van der Waals surface area contributed by atoms with Crippen LogP contribution in [0.1, 0.15) is 39.9 Å². The highest BCUT2D eigenvalue weighted by molar-refractivity contribution is 6.30. The normalized spacial score (nSPS) is 13.4. The molecule has 2 aromatic carbocycles. The summed E-state index contributed by atoms with van der Waals surface area (Å²) in [7, 11) is 0. The molecule has 4 rings (SSSR count). The van der Waals surface area contributed by atoms with Crippen molar-refractivity contribution in [2.45, 2.75) is 32.6 Å². The van der Waals surface area contributed by atoms with Crippen molar-refractivity contribution in [3.05, 3.63) is 74.1 Å². The van der Waals surface area contributed by atoms with E-state index in [1.54, 1.807) is 24.3 Å². The zero-order chi connectivity index (χ0) is 19.0. The lowest BCUT2D eigenvalue weighted by Gasteiger charge is -2.18. The van der Waals surface area contributed by atoms with Crippen LogP contribution in [0.25, 0.3) is 11.0 Å². The van der Waals surface area contributed by atoms with Crippen molar-refractivity contribution >= 4 is 28.4 Å². The number of fused-ring (bicyclic) bond motifs is 3. The lowest BCUT2D eigenvalue weighted by atomic mass is 9.90. The van der Waals surface area contributed by atoms with Crippen LogP contribution in [-0.2, 0) is 12.8 Å². The van der Waals surface area contributed by atoms with Crippen LogP contribution in [0.3, 0.4) is 0 Å². The lowest BCUT2D eigenvalue weighted by molar-refractivity contribution is 0.0921. The molecule has 0 atom stereocenters. The topological polar surface area (TPSA) is 56.5 Å². The molecular formula is C22H19ClO4. The fourth-order valence-electron chi connectivity index (χ4n) is 3.64. The maximum absolute atomic E-state index is 12.3. The number of rotatable bonds is 4. The zero-order valence-electron chi connectivity index (χ0n) is 15.0. The number of ketones is 1. The Morgan fingerprint density at radius 3 is 2.52 bits per heavy atom. The highest BCUT2D eigenvalue weighted by Crippen LogP contribution is 2.32. The largest absolute Gasteiger partial charge is 0.485 e. The summed E-state index contributed by atoms with van der Waals surface area (Å²) >= 11 is 5.85. The second-order valence-corrected chi connectivity index (χ2v) is 7.27. The first-order chi connectivity index (χ1) is 13.0. The first kappa shape index (κ1) is 17.8. The number of benzene rings is 2. The third-order valence-corrected chi connectivity index (χ3v) is 5.37. The SMILES string of the molecule is Cc1c(OCC(=O)c2ccc(Cl)cc2)ccc2c3c(c(=O)oc12)CCCC3.